The van der Waals surface area contributed by atoms with Gasteiger partial charge in [0, 0.05) is 30.9 Å². The molecular formula is C12H14N2O4. The number of carboxylic acids is 1. The van der Waals surface area contributed by atoms with E-state index in [2.05, 4.69) is 0 Å². The van der Waals surface area contributed by atoms with Crippen LogP contribution < -0.4 is 4.90 Å². The first-order valence-electron chi connectivity index (χ1n) is 5.80. The van der Waals surface area contributed by atoms with Crippen molar-refractivity contribution >= 4 is 17.3 Å². The number of carboxylic acid groups (broad SMARTS) is 1. The highest BCUT2D eigenvalue weighted by molar-refractivity contribution is 5.71. The van der Waals surface area contributed by atoms with Gasteiger partial charge in [0.05, 0.1) is 10.8 Å². The number of nitro groups is 1. The second-order valence-electron chi connectivity index (χ2n) is 4.40. The van der Waals surface area contributed by atoms with Gasteiger partial charge in [-0.2, -0.15) is 0 Å². The van der Waals surface area contributed by atoms with Crippen molar-refractivity contribution in [2.24, 2.45) is 5.92 Å². The fourth-order valence-electron chi connectivity index (χ4n) is 2.20. The van der Waals surface area contributed by atoms with Crippen LogP contribution in [0.1, 0.15) is 12.8 Å². The van der Waals surface area contributed by atoms with Crippen molar-refractivity contribution in [1.29, 1.82) is 0 Å². The van der Waals surface area contributed by atoms with E-state index in [1.807, 2.05) is 4.90 Å². The Balaban J connectivity index is 2.11. The standard InChI is InChI=1S/C12H14N2O4/c15-12(16)9-2-1-7-13(8-9)10-3-5-11(6-4-10)14(17)18/h3-6,9H,1-2,7-8H2,(H,15,16)/t9-/m1/s1. The summed E-state index contributed by atoms with van der Waals surface area (Å²) < 4.78 is 0. The molecule has 6 heteroatoms. The van der Waals surface area contributed by atoms with Crippen molar-refractivity contribution in [3.8, 4) is 0 Å². The Morgan fingerprint density at radius 1 is 1.39 bits per heavy atom. The molecular weight excluding hydrogens is 236 g/mol. The largest absolute Gasteiger partial charge is 0.481 e. The zero-order valence-corrected chi connectivity index (χ0v) is 9.78. The van der Waals surface area contributed by atoms with E-state index in [4.69, 9.17) is 5.11 Å². The van der Waals surface area contributed by atoms with Crippen LogP contribution in [0.15, 0.2) is 24.3 Å². The highest BCUT2D eigenvalue weighted by Crippen LogP contribution is 2.25. The van der Waals surface area contributed by atoms with Crippen molar-refractivity contribution in [3.05, 3.63) is 34.4 Å². The van der Waals surface area contributed by atoms with Crippen LogP contribution in [0.5, 0.6) is 0 Å². The van der Waals surface area contributed by atoms with Gasteiger partial charge in [0.2, 0.25) is 0 Å². The molecule has 1 saturated heterocycles. The van der Waals surface area contributed by atoms with E-state index in [9.17, 15) is 14.9 Å². The lowest BCUT2D eigenvalue weighted by atomic mass is 9.98. The van der Waals surface area contributed by atoms with Gasteiger partial charge in [0.1, 0.15) is 0 Å². The van der Waals surface area contributed by atoms with Crippen LogP contribution in [0, 0.1) is 16.0 Å². The Hall–Kier alpha value is -2.11. The van der Waals surface area contributed by atoms with E-state index in [0.717, 1.165) is 18.7 Å². The first-order valence-corrected chi connectivity index (χ1v) is 5.80. The Kier molecular flexibility index (Phi) is 3.45. The summed E-state index contributed by atoms with van der Waals surface area (Å²) >= 11 is 0. The number of nitro benzene ring substituents is 1. The number of non-ortho nitro benzene ring substituents is 1. The van der Waals surface area contributed by atoms with Crippen molar-refractivity contribution in [3.63, 3.8) is 0 Å². The van der Waals surface area contributed by atoms with Crippen molar-refractivity contribution < 1.29 is 14.8 Å². The predicted octanol–water partition coefficient (Wildman–Crippen LogP) is 1.90. The van der Waals surface area contributed by atoms with Crippen LogP contribution in [0.3, 0.4) is 0 Å². The van der Waals surface area contributed by atoms with Crippen LogP contribution in [-0.4, -0.2) is 29.1 Å². The molecule has 0 radical (unpaired) electrons. The molecule has 1 aromatic rings. The van der Waals surface area contributed by atoms with Crippen molar-refractivity contribution in [2.45, 2.75) is 12.8 Å². The molecule has 0 bridgehead atoms. The maximum atomic E-state index is 11.0. The van der Waals surface area contributed by atoms with E-state index in [1.165, 1.54) is 12.1 Å². The van der Waals surface area contributed by atoms with Gasteiger partial charge >= 0.3 is 5.97 Å². The minimum absolute atomic E-state index is 0.0468. The maximum absolute atomic E-state index is 11.0. The summed E-state index contributed by atoms with van der Waals surface area (Å²) in [6, 6.07) is 6.23. The molecule has 1 fully saturated rings. The molecule has 0 saturated carbocycles. The first-order chi connectivity index (χ1) is 8.58. The lowest BCUT2D eigenvalue weighted by molar-refractivity contribution is -0.384. The summed E-state index contributed by atoms with van der Waals surface area (Å²) in [4.78, 5) is 23.0. The number of carbonyl (C=O) groups is 1. The number of hydrogen-bond donors (Lipinski definition) is 1. The third-order valence-electron chi connectivity index (χ3n) is 3.20. The highest BCUT2D eigenvalue weighted by Gasteiger charge is 2.25. The maximum Gasteiger partial charge on any atom is 0.308 e. The quantitative estimate of drug-likeness (QED) is 0.654. The van der Waals surface area contributed by atoms with E-state index in [0.29, 0.717) is 13.0 Å². The van der Waals surface area contributed by atoms with Crippen LogP contribution in [0.25, 0.3) is 0 Å². The van der Waals surface area contributed by atoms with Gasteiger partial charge in [0.25, 0.3) is 5.69 Å². The third kappa shape index (κ3) is 2.58. The topological polar surface area (TPSA) is 83.7 Å². The summed E-state index contributed by atoms with van der Waals surface area (Å²) in [6.45, 7) is 1.26. The monoisotopic (exact) mass is 250 g/mol. The summed E-state index contributed by atoms with van der Waals surface area (Å²) in [6.07, 6.45) is 1.52. The summed E-state index contributed by atoms with van der Waals surface area (Å²) in [5.74, 6) is -1.13. The zero-order valence-electron chi connectivity index (χ0n) is 9.78. The van der Waals surface area contributed by atoms with Crippen LogP contribution in [0.2, 0.25) is 0 Å². The Bertz CT molecular complexity index is 458. The number of rotatable bonds is 3. The molecule has 1 aliphatic heterocycles. The molecule has 1 aliphatic rings. The van der Waals surface area contributed by atoms with E-state index in [1.54, 1.807) is 12.1 Å². The molecule has 0 aromatic heterocycles. The number of benzene rings is 1. The molecule has 0 spiro atoms. The molecule has 6 nitrogen and oxygen atoms in total. The summed E-state index contributed by atoms with van der Waals surface area (Å²) in [5.41, 5.74) is 0.886. The molecule has 18 heavy (non-hydrogen) atoms. The van der Waals surface area contributed by atoms with E-state index in [-0.39, 0.29) is 11.6 Å². The number of piperidine rings is 1. The molecule has 0 aliphatic carbocycles. The Morgan fingerprint density at radius 2 is 2.06 bits per heavy atom. The van der Waals surface area contributed by atoms with Crippen molar-refractivity contribution in [1.82, 2.24) is 0 Å². The Morgan fingerprint density at radius 3 is 2.61 bits per heavy atom. The normalized spacial score (nSPS) is 19.6. The number of anilines is 1. The molecule has 1 atom stereocenters. The van der Waals surface area contributed by atoms with Crippen LogP contribution in [0.4, 0.5) is 11.4 Å². The SMILES string of the molecule is O=C(O)[C@@H]1CCCN(c2ccc([N+](=O)[O-])cc2)C1. The molecule has 1 heterocycles. The minimum Gasteiger partial charge on any atom is -0.481 e. The average Bonchev–Trinajstić information content (AvgIpc) is 2.39. The lowest BCUT2D eigenvalue weighted by Crippen LogP contribution is -2.38. The number of aliphatic carboxylic acids is 1. The summed E-state index contributed by atoms with van der Waals surface area (Å²) in [7, 11) is 0. The number of nitrogens with zero attached hydrogens (tertiary/aromatic N) is 2. The van der Waals surface area contributed by atoms with Gasteiger partial charge < -0.3 is 10.0 Å². The van der Waals surface area contributed by atoms with Crippen molar-refractivity contribution in [2.75, 3.05) is 18.0 Å². The van der Waals surface area contributed by atoms with Gasteiger partial charge in [-0.3, -0.25) is 14.9 Å². The van der Waals surface area contributed by atoms with Gasteiger partial charge in [-0.15, -0.1) is 0 Å². The average molecular weight is 250 g/mol. The second kappa shape index (κ2) is 5.03. The molecule has 0 unspecified atom stereocenters. The number of hydrogen-bond acceptors (Lipinski definition) is 4. The van der Waals surface area contributed by atoms with Gasteiger partial charge in [-0.1, -0.05) is 0 Å². The fourth-order valence-corrected chi connectivity index (χ4v) is 2.20. The fraction of sp³-hybridized carbons (Fsp3) is 0.417. The highest BCUT2D eigenvalue weighted by atomic mass is 16.6. The summed E-state index contributed by atoms with van der Waals surface area (Å²) in [5, 5.41) is 19.5. The van der Waals surface area contributed by atoms with E-state index < -0.39 is 10.9 Å². The molecule has 1 N–H and O–H groups in total. The molecule has 96 valence electrons. The molecule has 2 rings (SSSR count). The first kappa shape index (κ1) is 12.3. The zero-order chi connectivity index (χ0) is 13.1. The predicted molar refractivity (Wildman–Crippen MR) is 65.7 cm³/mol. The van der Waals surface area contributed by atoms with Crippen LogP contribution in [-0.2, 0) is 4.79 Å². The van der Waals surface area contributed by atoms with Gasteiger partial charge in [-0.05, 0) is 25.0 Å². The second-order valence-corrected chi connectivity index (χ2v) is 4.40. The third-order valence-corrected chi connectivity index (χ3v) is 3.20. The van der Waals surface area contributed by atoms with Gasteiger partial charge in [-0.25, -0.2) is 0 Å². The Labute approximate surface area is 104 Å². The molecule has 1 aromatic carbocycles. The smallest absolute Gasteiger partial charge is 0.308 e. The minimum atomic E-state index is -0.776. The lowest BCUT2D eigenvalue weighted by Gasteiger charge is -2.32. The molecule has 0 amide bonds. The van der Waals surface area contributed by atoms with Gasteiger partial charge in [0.15, 0.2) is 0 Å². The van der Waals surface area contributed by atoms with Crippen LogP contribution >= 0.6 is 0 Å². The van der Waals surface area contributed by atoms with E-state index >= 15 is 0 Å².